The van der Waals surface area contributed by atoms with Crippen molar-refractivity contribution in [2.75, 3.05) is 6.61 Å². The second-order valence-electron chi connectivity index (χ2n) is 9.12. The minimum atomic E-state index is -0.237. The summed E-state index contributed by atoms with van der Waals surface area (Å²) in [7, 11) is 0. The first-order valence-corrected chi connectivity index (χ1v) is 14.0. The van der Waals surface area contributed by atoms with Crippen LogP contribution >= 0.6 is 39.1 Å². The molecule has 0 saturated heterocycles. The maximum absolute atomic E-state index is 13.4. The van der Waals surface area contributed by atoms with Gasteiger partial charge in [0.05, 0.1) is 33.8 Å². The molecule has 1 aromatic heterocycles. The Bertz CT molecular complexity index is 1620. The number of aromatic nitrogens is 2. The smallest absolute Gasteiger partial charge is 0.282 e. The molecular formula is C30H28BrCl2N3O3. The molecule has 9 heteroatoms. The molecule has 0 spiro atoms. The van der Waals surface area contributed by atoms with E-state index in [9.17, 15) is 4.79 Å². The van der Waals surface area contributed by atoms with Crippen molar-refractivity contribution in [2.24, 2.45) is 5.10 Å². The number of fused-ring (bicyclic) bond motifs is 1. The fraction of sp³-hybridized carbons (Fsp3) is 0.233. The van der Waals surface area contributed by atoms with Gasteiger partial charge in [-0.3, -0.25) is 4.79 Å². The van der Waals surface area contributed by atoms with Gasteiger partial charge in [-0.15, -0.1) is 6.58 Å². The Morgan fingerprint density at radius 1 is 1.10 bits per heavy atom. The molecule has 0 radical (unpaired) electrons. The third-order valence-electron chi connectivity index (χ3n) is 5.86. The van der Waals surface area contributed by atoms with E-state index < -0.39 is 0 Å². The Morgan fingerprint density at radius 2 is 1.90 bits per heavy atom. The Kier molecular flexibility index (Phi) is 9.49. The van der Waals surface area contributed by atoms with E-state index in [1.807, 2.05) is 51.1 Å². The largest absolute Gasteiger partial charge is 0.490 e. The van der Waals surface area contributed by atoms with Gasteiger partial charge in [0.25, 0.3) is 5.56 Å². The van der Waals surface area contributed by atoms with Gasteiger partial charge < -0.3 is 9.47 Å². The molecule has 0 unspecified atom stereocenters. The standard InChI is InChI=1S/C30H28BrCl2N3O3/c1-5-7-21-12-20(14-27(38-6-2)28(21)39-17-19-8-10-24(32)25(33)13-19)16-34-36-29(18(3)4)35-26-11-9-22(31)15-23(26)30(36)37/h5,8-16,18H,1,6-7,17H2,2-4H3. The minimum Gasteiger partial charge on any atom is -0.490 e. The number of halogens is 3. The van der Waals surface area contributed by atoms with Crippen LogP contribution in [0.15, 0.2) is 75.6 Å². The van der Waals surface area contributed by atoms with Gasteiger partial charge in [-0.25, -0.2) is 4.98 Å². The van der Waals surface area contributed by atoms with Crippen LogP contribution in [0.5, 0.6) is 11.5 Å². The highest BCUT2D eigenvalue weighted by molar-refractivity contribution is 9.10. The highest BCUT2D eigenvalue weighted by atomic mass is 79.9. The van der Waals surface area contributed by atoms with Crippen LogP contribution in [0.3, 0.4) is 0 Å². The van der Waals surface area contributed by atoms with Crippen molar-refractivity contribution in [3.63, 3.8) is 0 Å². The Morgan fingerprint density at radius 3 is 2.59 bits per heavy atom. The van der Waals surface area contributed by atoms with Gasteiger partial charge in [-0.1, -0.05) is 65.1 Å². The van der Waals surface area contributed by atoms with E-state index in [4.69, 9.17) is 37.7 Å². The molecule has 0 aliphatic carbocycles. The molecule has 0 N–H and O–H groups in total. The quantitative estimate of drug-likeness (QED) is 0.131. The zero-order valence-corrected chi connectivity index (χ0v) is 25.0. The Labute approximate surface area is 246 Å². The van der Waals surface area contributed by atoms with Gasteiger partial charge in [-0.2, -0.15) is 9.78 Å². The van der Waals surface area contributed by atoms with Crippen LogP contribution in [0.1, 0.15) is 49.2 Å². The lowest BCUT2D eigenvalue weighted by atomic mass is 10.1. The molecule has 0 aliphatic heterocycles. The van der Waals surface area contributed by atoms with Gasteiger partial charge in [0, 0.05) is 16.0 Å². The molecule has 0 aliphatic rings. The average molecular weight is 629 g/mol. The molecule has 202 valence electrons. The van der Waals surface area contributed by atoms with Gasteiger partial charge in [0.15, 0.2) is 11.5 Å². The number of hydrogen-bond donors (Lipinski definition) is 0. The number of rotatable bonds is 10. The molecule has 39 heavy (non-hydrogen) atoms. The second kappa shape index (κ2) is 12.8. The zero-order chi connectivity index (χ0) is 28.1. The first-order chi connectivity index (χ1) is 18.7. The number of nitrogens with zero attached hydrogens (tertiary/aromatic N) is 3. The lowest BCUT2D eigenvalue weighted by Crippen LogP contribution is -2.23. The summed E-state index contributed by atoms with van der Waals surface area (Å²) >= 11 is 15.7. The second-order valence-corrected chi connectivity index (χ2v) is 10.8. The minimum absolute atomic E-state index is 0.0182. The molecule has 6 nitrogen and oxygen atoms in total. The molecule has 4 rings (SSSR count). The van der Waals surface area contributed by atoms with E-state index in [1.165, 1.54) is 4.68 Å². The van der Waals surface area contributed by atoms with Gasteiger partial charge in [0.2, 0.25) is 0 Å². The Hall–Kier alpha value is -3.13. The first kappa shape index (κ1) is 28.9. The highest BCUT2D eigenvalue weighted by Crippen LogP contribution is 2.35. The van der Waals surface area contributed by atoms with E-state index in [0.717, 1.165) is 21.2 Å². The average Bonchev–Trinajstić information content (AvgIpc) is 2.90. The van der Waals surface area contributed by atoms with E-state index >= 15 is 0 Å². The first-order valence-electron chi connectivity index (χ1n) is 12.5. The van der Waals surface area contributed by atoms with E-state index in [-0.39, 0.29) is 18.1 Å². The van der Waals surface area contributed by atoms with E-state index in [2.05, 4.69) is 27.6 Å². The topological polar surface area (TPSA) is 65.7 Å². The summed E-state index contributed by atoms with van der Waals surface area (Å²) in [5.41, 5.74) is 2.88. The zero-order valence-electron chi connectivity index (χ0n) is 21.9. The van der Waals surface area contributed by atoms with Crippen LogP contribution in [0.4, 0.5) is 0 Å². The summed E-state index contributed by atoms with van der Waals surface area (Å²) in [4.78, 5) is 18.1. The van der Waals surface area contributed by atoms with Crippen LogP contribution < -0.4 is 15.0 Å². The third-order valence-corrected chi connectivity index (χ3v) is 7.09. The van der Waals surface area contributed by atoms with Gasteiger partial charge >= 0.3 is 0 Å². The van der Waals surface area contributed by atoms with Crippen LogP contribution in [0, 0.1) is 0 Å². The summed E-state index contributed by atoms with van der Waals surface area (Å²) in [5, 5.41) is 6.01. The molecule has 1 heterocycles. The monoisotopic (exact) mass is 627 g/mol. The van der Waals surface area contributed by atoms with Crippen LogP contribution in [0.2, 0.25) is 10.0 Å². The number of ether oxygens (including phenoxy) is 2. The SMILES string of the molecule is C=CCc1cc(C=Nn2c(C(C)C)nc3ccc(Br)cc3c2=O)cc(OCC)c1OCc1ccc(Cl)c(Cl)c1. The molecule has 0 bridgehead atoms. The number of hydrogen-bond acceptors (Lipinski definition) is 5. The summed E-state index contributed by atoms with van der Waals surface area (Å²) < 4.78 is 14.3. The molecule has 3 aromatic carbocycles. The van der Waals surface area contributed by atoms with Crippen molar-refractivity contribution in [3.05, 3.63) is 109 Å². The van der Waals surface area contributed by atoms with Gasteiger partial charge in [-0.05, 0) is 66.9 Å². The lowest BCUT2D eigenvalue weighted by Gasteiger charge is -2.17. The van der Waals surface area contributed by atoms with E-state index in [1.54, 1.807) is 30.5 Å². The predicted molar refractivity (Wildman–Crippen MR) is 163 cm³/mol. The summed E-state index contributed by atoms with van der Waals surface area (Å²) in [5.74, 6) is 1.73. The van der Waals surface area contributed by atoms with Crippen LogP contribution in [-0.2, 0) is 13.0 Å². The van der Waals surface area contributed by atoms with Crippen molar-refractivity contribution in [3.8, 4) is 11.5 Å². The maximum atomic E-state index is 13.4. The fourth-order valence-corrected chi connectivity index (χ4v) is 4.73. The molecule has 0 fully saturated rings. The normalized spacial score (nSPS) is 11.5. The van der Waals surface area contributed by atoms with Crippen molar-refractivity contribution >= 4 is 56.2 Å². The van der Waals surface area contributed by atoms with Crippen LogP contribution in [0.25, 0.3) is 10.9 Å². The molecule has 0 atom stereocenters. The predicted octanol–water partition coefficient (Wildman–Crippen LogP) is 8.18. The molecule has 4 aromatic rings. The fourth-order valence-electron chi connectivity index (χ4n) is 4.05. The Balaban J connectivity index is 1.75. The van der Waals surface area contributed by atoms with E-state index in [0.29, 0.717) is 51.3 Å². The maximum Gasteiger partial charge on any atom is 0.282 e. The van der Waals surface area contributed by atoms with Crippen molar-refractivity contribution in [1.29, 1.82) is 0 Å². The summed E-state index contributed by atoms with van der Waals surface area (Å²) in [6.07, 6.45) is 3.97. The highest BCUT2D eigenvalue weighted by Gasteiger charge is 2.16. The van der Waals surface area contributed by atoms with Crippen LogP contribution in [-0.4, -0.2) is 22.5 Å². The molecule has 0 amide bonds. The van der Waals surface area contributed by atoms with Crippen molar-refractivity contribution in [1.82, 2.24) is 9.66 Å². The summed E-state index contributed by atoms with van der Waals surface area (Å²) in [6.45, 7) is 10.5. The van der Waals surface area contributed by atoms with Crippen molar-refractivity contribution in [2.45, 2.75) is 39.7 Å². The molecule has 0 saturated carbocycles. The van der Waals surface area contributed by atoms with Crippen molar-refractivity contribution < 1.29 is 9.47 Å². The van der Waals surface area contributed by atoms with Gasteiger partial charge in [0.1, 0.15) is 12.4 Å². The number of allylic oxidation sites excluding steroid dienone is 1. The third kappa shape index (κ3) is 6.72. The number of benzene rings is 3. The molecular weight excluding hydrogens is 601 g/mol. The lowest BCUT2D eigenvalue weighted by molar-refractivity contribution is 0.267. The summed E-state index contributed by atoms with van der Waals surface area (Å²) in [6, 6.07) is 14.6.